The molecule has 7 nitrogen and oxygen atoms in total. The highest BCUT2D eigenvalue weighted by Gasteiger charge is 2.20. The lowest BCUT2D eigenvalue weighted by Crippen LogP contribution is -2.48. The van der Waals surface area contributed by atoms with Gasteiger partial charge in [0, 0.05) is 50.5 Å². The standard InChI is InChI=1S/C21H36N6O/c1-3-10-26-11-7-19(8-12-26)25-21(22-4-2)24-17-18-6-5-9-23-20(18)27-13-15-28-16-14-27/h5-6,9,19H,3-4,7-8,10-17H2,1-2H3,(H2,22,24,25). The summed E-state index contributed by atoms with van der Waals surface area (Å²) in [6, 6.07) is 4.63. The van der Waals surface area contributed by atoms with Gasteiger partial charge in [-0.3, -0.25) is 0 Å². The molecular weight excluding hydrogens is 352 g/mol. The molecule has 3 heterocycles. The molecule has 0 unspecified atom stereocenters. The van der Waals surface area contributed by atoms with Crippen LogP contribution in [-0.2, 0) is 11.3 Å². The molecule has 0 aromatic carbocycles. The first-order chi connectivity index (χ1) is 13.8. The number of nitrogens with one attached hydrogen (secondary N) is 2. The van der Waals surface area contributed by atoms with Gasteiger partial charge in [0.2, 0.25) is 0 Å². The number of nitrogens with zero attached hydrogens (tertiary/aromatic N) is 4. The molecule has 3 rings (SSSR count). The van der Waals surface area contributed by atoms with E-state index in [-0.39, 0.29) is 0 Å². The maximum Gasteiger partial charge on any atom is 0.191 e. The Labute approximate surface area is 169 Å². The van der Waals surface area contributed by atoms with Crippen LogP contribution in [0.3, 0.4) is 0 Å². The van der Waals surface area contributed by atoms with Crippen LogP contribution < -0.4 is 15.5 Å². The first-order valence-corrected chi connectivity index (χ1v) is 10.8. The second-order valence-corrected chi connectivity index (χ2v) is 7.54. The van der Waals surface area contributed by atoms with Crippen molar-refractivity contribution in [2.45, 2.75) is 45.7 Å². The second-order valence-electron chi connectivity index (χ2n) is 7.54. The molecule has 2 fully saturated rings. The van der Waals surface area contributed by atoms with Crippen molar-refractivity contribution in [3.8, 4) is 0 Å². The Morgan fingerprint density at radius 1 is 1.21 bits per heavy atom. The van der Waals surface area contributed by atoms with Crippen LogP contribution in [0.4, 0.5) is 5.82 Å². The predicted octanol–water partition coefficient (Wildman–Crippen LogP) is 1.85. The molecule has 0 radical (unpaired) electrons. The van der Waals surface area contributed by atoms with Crippen LogP contribution in [0, 0.1) is 0 Å². The lowest BCUT2D eigenvalue weighted by molar-refractivity contribution is 0.122. The lowest BCUT2D eigenvalue weighted by Gasteiger charge is -2.33. The van der Waals surface area contributed by atoms with Crippen LogP contribution in [0.2, 0.25) is 0 Å². The average Bonchev–Trinajstić information content (AvgIpc) is 2.74. The van der Waals surface area contributed by atoms with E-state index in [4.69, 9.17) is 9.73 Å². The van der Waals surface area contributed by atoms with Crippen LogP contribution in [0.15, 0.2) is 23.3 Å². The molecule has 28 heavy (non-hydrogen) atoms. The van der Waals surface area contributed by atoms with E-state index in [1.54, 1.807) is 0 Å². The Hall–Kier alpha value is -1.86. The van der Waals surface area contributed by atoms with Crippen LogP contribution >= 0.6 is 0 Å². The van der Waals surface area contributed by atoms with E-state index in [0.717, 1.165) is 44.6 Å². The first-order valence-electron chi connectivity index (χ1n) is 10.8. The number of aliphatic imine (C=N–C) groups is 1. The van der Waals surface area contributed by atoms with Crippen molar-refractivity contribution < 1.29 is 4.74 Å². The molecule has 1 aromatic heterocycles. The molecule has 2 aliphatic heterocycles. The zero-order valence-electron chi connectivity index (χ0n) is 17.5. The number of pyridine rings is 1. The average molecular weight is 389 g/mol. The Balaban J connectivity index is 1.60. The van der Waals surface area contributed by atoms with Crippen molar-refractivity contribution in [2.24, 2.45) is 4.99 Å². The molecule has 156 valence electrons. The third-order valence-electron chi connectivity index (χ3n) is 5.40. The molecule has 7 heteroatoms. The number of guanidine groups is 1. The van der Waals surface area contributed by atoms with Gasteiger partial charge in [-0.15, -0.1) is 0 Å². The van der Waals surface area contributed by atoms with Gasteiger partial charge in [-0.1, -0.05) is 13.0 Å². The minimum Gasteiger partial charge on any atom is -0.378 e. The van der Waals surface area contributed by atoms with E-state index in [1.165, 1.54) is 44.5 Å². The van der Waals surface area contributed by atoms with Crippen LogP contribution in [0.25, 0.3) is 0 Å². The van der Waals surface area contributed by atoms with E-state index >= 15 is 0 Å². The smallest absolute Gasteiger partial charge is 0.191 e. The quantitative estimate of drug-likeness (QED) is 0.549. The van der Waals surface area contributed by atoms with Crippen LogP contribution in [0.5, 0.6) is 0 Å². The molecular formula is C21H36N6O. The molecule has 0 atom stereocenters. The van der Waals surface area contributed by atoms with Crippen molar-refractivity contribution in [3.63, 3.8) is 0 Å². The highest BCUT2D eigenvalue weighted by molar-refractivity contribution is 5.80. The van der Waals surface area contributed by atoms with E-state index in [0.29, 0.717) is 12.6 Å². The largest absolute Gasteiger partial charge is 0.378 e. The number of anilines is 1. The maximum absolute atomic E-state index is 5.48. The number of piperidine rings is 1. The van der Waals surface area contributed by atoms with Crippen LogP contribution in [-0.4, -0.2) is 74.4 Å². The van der Waals surface area contributed by atoms with Gasteiger partial charge in [0.1, 0.15) is 5.82 Å². The molecule has 0 spiro atoms. The summed E-state index contributed by atoms with van der Waals surface area (Å²) in [7, 11) is 0. The number of hydrogen-bond acceptors (Lipinski definition) is 5. The van der Waals surface area contributed by atoms with Gasteiger partial charge < -0.3 is 25.2 Å². The molecule has 0 saturated carbocycles. The van der Waals surface area contributed by atoms with Gasteiger partial charge in [0.05, 0.1) is 19.8 Å². The summed E-state index contributed by atoms with van der Waals surface area (Å²) in [5.74, 6) is 1.95. The molecule has 2 saturated heterocycles. The molecule has 0 aliphatic carbocycles. The molecule has 2 N–H and O–H groups in total. The third kappa shape index (κ3) is 6.07. The van der Waals surface area contributed by atoms with Gasteiger partial charge in [0.15, 0.2) is 5.96 Å². The second kappa shape index (κ2) is 11.2. The highest BCUT2D eigenvalue weighted by atomic mass is 16.5. The summed E-state index contributed by atoms with van der Waals surface area (Å²) >= 11 is 0. The maximum atomic E-state index is 5.48. The molecule has 0 amide bonds. The van der Waals surface area contributed by atoms with Gasteiger partial charge in [-0.2, -0.15) is 0 Å². The van der Waals surface area contributed by atoms with Gasteiger partial charge >= 0.3 is 0 Å². The molecule has 1 aromatic rings. The summed E-state index contributed by atoms with van der Waals surface area (Å²) in [5, 5.41) is 7.05. The molecule has 0 bridgehead atoms. The van der Waals surface area contributed by atoms with Crippen molar-refractivity contribution in [3.05, 3.63) is 23.9 Å². The lowest BCUT2D eigenvalue weighted by atomic mass is 10.1. The predicted molar refractivity (Wildman–Crippen MR) is 115 cm³/mol. The fraction of sp³-hybridized carbons (Fsp3) is 0.714. The Morgan fingerprint density at radius 3 is 2.71 bits per heavy atom. The number of aromatic nitrogens is 1. The zero-order chi connectivity index (χ0) is 19.6. The van der Waals surface area contributed by atoms with Crippen LogP contribution in [0.1, 0.15) is 38.7 Å². The highest BCUT2D eigenvalue weighted by Crippen LogP contribution is 2.19. The summed E-state index contributed by atoms with van der Waals surface area (Å²) in [6.07, 6.45) is 5.46. The summed E-state index contributed by atoms with van der Waals surface area (Å²) < 4.78 is 5.48. The number of likely N-dealkylation sites (tertiary alicyclic amines) is 1. The fourth-order valence-electron chi connectivity index (χ4n) is 3.91. The number of morpholine rings is 1. The summed E-state index contributed by atoms with van der Waals surface area (Å²) in [4.78, 5) is 14.4. The number of rotatable bonds is 7. The van der Waals surface area contributed by atoms with E-state index < -0.39 is 0 Å². The third-order valence-corrected chi connectivity index (χ3v) is 5.40. The van der Waals surface area contributed by atoms with Crippen molar-refractivity contribution >= 4 is 11.8 Å². The van der Waals surface area contributed by atoms with Crippen molar-refractivity contribution in [2.75, 3.05) is 57.4 Å². The van der Waals surface area contributed by atoms with E-state index in [1.807, 2.05) is 12.3 Å². The minimum absolute atomic E-state index is 0.499. The summed E-state index contributed by atoms with van der Waals surface area (Å²) in [6.45, 7) is 12.7. The zero-order valence-corrected chi connectivity index (χ0v) is 17.5. The van der Waals surface area contributed by atoms with Gasteiger partial charge in [-0.25, -0.2) is 9.98 Å². The Bertz CT molecular complexity index is 609. The SMILES string of the molecule is CCCN1CCC(NC(=NCc2cccnc2N2CCOCC2)NCC)CC1. The monoisotopic (exact) mass is 388 g/mol. The fourth-order valence-corrected chi connectivity index (χ4v) is 3.91. The van der Waals surface area contributed by atoms with Gasteiger partial charge in [-0.05, 0) is 38.8 Å². The first kappa shape index (κ1) is 20.9. The normalized spacial score (nSPS) is 19.6. The Kier molecular flexibility index (Phi) is 8.36. The minimum atomic E-state index is 0.499. The van der Waals surface area contributed by atoms with Crippen molar-refractivity contribution in [1.29, 1.82) is 0 Å². The van der Waals surface area contributed by atoms with Crippen molar-refractivity contribution in [1.82, 2.24) is 20.5 Å². The van der Waals surface area contributed by atoms with Gasteiger partial charge in [0.25, 0.3) is 0 Å². The topological polar surface area (TPSA) is 65.0 Å². The van der Waals surface area contributed by atoms with E-state index in [2.05, 4.69) is 45.3 Å². The number of hydrogen-bond donors (Lipinski definition) is 2. The summed E-state index contributed by atoms with van der Waals surface area (Å²) in [5.41, 5.74) is 1.17. The Morgan fingerprint density at radius 2 is 2.00 bits per heavy atom. The molecule has 2 aliphatic rings. The van der Waals surface area contributed by atoms with E-state index in [9.17, 15) is 0 Å². The number of ether oxygens (including phenoxy) is 1.